The molecule has 32 heavy (non-hydrogen) atoms. The molecular weight excluding hydrogens is 436 g/mol. The molecule has 4 aromatic rings. The van der Waals surface area contributed by atoms with Gasteiger partial charge in [0.15, 0.2) is 5.69 Å². The zero-order chi connectivity index (χ0) is 22.8. The van der Waals surface area contributed by atoms with Crippen molar-refractivity contribution in [3.8, 4) is 23.1 Å². The van der Waals surface area contributed by atoms with Crippen LogP contribution in [0.4, 0.5) is 0 Å². The van der Waals surface area contributed by atoms with Gasteiger partial charge in [0.1, 0.15) is 24.1 Å². The van der Waals surface area contributed by atoms with Crippen LogP contribution in [0.2, 0.25) is 5.02 Å². The third-order valence-corrected chi connectivity index (χ3v) is 4.97. The van der Waals surface area contributed by atoms with Crippen LogP contribution in [-0.4, -0.2) is 42.0 Å². The second kappa shape index (κ2) is 8.49. The van der Waals surface area contributed by atoms with Gasteiger partial charge in [-0.25, -0.2) is 14.8 Å². The molecule has 0 saturated heterocycles. The van der Waals surface area contributed by atoms with Gasteiger partial charge in [-0.15, -0.1) is 0 Å². The monoisotopic (exact) mass is 450 g/mol. The van der Waals surface area contributed by atoms with E-state index in [2.05, 4.69) is 15.1 Å². The maximum atomic E-state index is 12.7. The first kappa shape index (κ1) is 21.0. The van der Waals surface area contributed by atoms with Gasteiger partial charge < -0.3 is 9.84 Å². The number of halogens is 1. The van der Waals surface area contributed by atoms with Crippen LogP contribution >= 0.6 is 11.6 Å². The maximum Gasteiger partial charge on any atom is 0.356 e. The Hall–Kier alpha value is -4.23. The fraction of sp³-hybridized carbons (Fsp3) is 0.143. The van der Waals surface area contributed by atoms with Gasteiger partial charge in [-0.2, -0.15) is 10.4 Å². The molecule has 3 aromatic heterocycles. The number of carbonyl (C=O) groups is 1. The van der Waals surface area contributed by atoms with E-state index in [1.165, 1.54) is 33.9 Å². The predicted molar refractivity (Wildman–Crippen MR) is 115 cm³/mol. The van der Waals surface area contributed by atoms with E-state index in [9.17, 15) is 14.7 Å². The average molecular weight is 451 g/mol. The van der Waals surface area contributed by atoms with Crippen molar-refractivity contribution in [2.24, 2.45) is 7.05 Å². The van der Waals surface area contributed by atoms with Gasteiger partial charge in [-0.3, -0.25) is 14.0 Å². The van der Waals surface area contributed by atoms with Crippen molar-refractivity contribution in [2.45, 2.75) is 6.54 Å². The Kier molecular flexibility index (Phi) is 5.57. The molecule has 11 heteroatoms. The number of ether oxygens (including phenoxy) is 1. The molecule has 0 spiro atoms. The highest BCUT2D eigenvalue weighted by molar-refractivity contribution is 6.31. The average Bonchev–Trinajstić information content (AvgIpc) is 3.18. The lowest BCUT2D eigenvalue weighted by Gasteiger charge is -2.13. The molecule has 0 bridgehead atoms. The molecule has 0 unspecified atom stereocenters. The molecule has 0 fully saturated rings. The number of pyridine rings is 1. The molecule has 1 N–H and O–H groups in total. The van der Waals surface area contributed by atoms with Crippen LogP contribution in [0, 0.1) is 11.3 Å². The van der Waals surface area contributed by atoms with Crippen LogP contribution in [0.25, 0.3) is 22.2 Å². The third-order valence-electron chi connectivity index (χ3n) is 4.73. The summed E-state index contributed by atoms with van der Waals surface area (Å²) in [6, 6.07) is 9.70. The number of aromatic carboxylic acids is 1. The Bertz CT molecular complexity index is 1450. The number of fused-ring (bicyclic) bond motifs is 1. The molecule has 0 aliphatic rings. The van der Waals surface area contributed by atoms with E-state index in [0.717, 1.165) is 0 Å². The van der Waals surface area contributed by atoms with Gasteiger partial charge in [0.05, 0.1) is 35.7 Å². The summed E-state index contributed by atoms with van der Waals surface area (Å²) in [5.41, 5.74) is 1.19. The van der Waals surface area contributed by atoms with Gasteiger partial charge in [0.25, 0.3) is 5.56 Å². The van der Waals surface area contributed by atoms with E-state index in [1.807, 2.05) is 6.07 Å². The van der Waals surface area contributed by atoms with Crippen molar-refractivity contribution in [3.05, 3.63) is 69.6 Å². The number of nitriles is 1. The Morgan fingerprint density at radius 2 is 2.09 bits per heavy atom. The maximum absolute atomic E-state index is 12.7. The van der Waals surface area contributed by atoms with Gasteiger partial charge in [-0.1, -0.05) is 11.6 Å². The number of benzene rings is 1. The van der Waals surface area contributed by atoms with Gasteiger partial charge in [-0.05, 0) is 30.3 Å². The van der Waals surface area contributed by atoms with Crippen LogP contribution < -0.4 is 10.3 Å². The summed E-state index contributed by atoms with van der Waals surface area (Å²) in [7, 11) is 1.62. The van der Waals surface area contributed by atoms with E-state index in [0.29, 0.717) is 32.9 Å². The molecule has 0 amide bonds. The molecule has 0 atom stereocenters. The normalized spacial score (nSPS) is 10.8. The van der Waals surface area contributed by atoms with Crippen molar-refractivity contribution >= 4 is 28.5 Å². The summed E-state index contributed by atoms with van der Waals surface area (Å²) in [5.74, 6) is -0.693. The first-order valence-electron chi connectivity index (χ1n) is 9.32. The van der Waals surface area contributed by atoms with Gasteiger partial charge in [0.2, 0.25) is 0 Å². The van der Waals surface area contributed by atoms with Gasteiger partial charge >= 0.3 is 5.97 Å². The smallest absolute Gasteiger partial charge is 0.356 e. The molecule has 0 aliphatic heterocycles. The van der Waals surface area contributed by atoms with Crippen LogP contribution in [0.15, 0.2) is 47.7 Å². The summed E-state index contributed by atoms with van der Waals surface area (Å²) >= 11 is 6.14. The molecule has 1 aromatic carbocycles. The molecule has 0 radical (unpaired) electrons. The van der Waals surface area contributed by atoms with Crippen LogP contribution in [-0.2, 0) is 13.6 Å². The lowest BCUT2D eigenvalue weighted by atomic mass is 10.1. The standard InChI is InChI=1S/C21H15ClN6O4/c1-27-18(8-16(26-27)21(30)31)15-6-12(22)2-3-19(15)32-5-4-28-11-25-17-10-24-13(9-23)7-14(17)20(28)29/h2-3,6-8,10-11H,4-5H2,1H3,(H,30,31). The van der Waals surface area contributed by atoms with Crippen molar-refractivity contribution in [1.82, 2.24) is 24.3 Å². The topological polar surface area (TPSA) is 136 Å². The van der Waals surface area contributed by atoms with E-state index in [1.54, 1.807) is 25.2 Å². The van der Waals surface area contributed by atoms with Crippen molar-refractivity contribution in [2.75, 3.05) is 6.61 Å². The van der Waals surface area contributed by atoms with E-state index < -0.39 is 5.97 Å². The second-order valence-electron chi connectivity index (χ2n) is 6.77. The largest absolute Gasteiger partial charge is 0.491 e. The molecule has 3 heterocycles. The minimum Gasteiger partial charge on any atom is -0.491 e. The van der Waals surface area contributed by atoms with Crippen molar-refractivity contribution in [3.63, 3.8) is 0 Å². The second-order valence-corrected chi connectivity index (χ2v) is 7.21. The van der Waals surface area contributed by atoms with Crippen molar-refractivity contribution < 1.29 is 14.6 Å². The fourth-order valence-corrected chi connectivity index (χ4v) is 3.36. The minimum atomic E-state index is -1.14. The zero-order valence-electron chi connectivity index (χ0n) is 16.7. The van der Waals surface area contributed by atoms with Crippen molar-refractivity contribution in [1.29, 1.82) is 5.26 Å². The molecule has 160 valence electrons. The highest BCUT2D eigenvalue weighted by Crippen LogP contribution is 2.33. The fourth-order valence-electron chi connectivity index (χ4n) is 3.19. The Morgan fingerprint density at radius 3 is 2.81 bits per heavy atom. The summed E-state index contributed by atoms with van der Waals surface area (Å²) in [4.78, 5) is 32.1. The summed E-state index contributed by atoms with van der Waals surface area (Å²) < 4.78 is 8.70. The number of carboxylic acid groups (broad SMARTS) is 1. The summed E-state index contributed by atoms with van der Waals surface area (Å²) in [6.45, 7) is 0.321. The first-order chi connectivity index (χ1) is 15.4. The molecular formula is C21H15ClN6O4. The van der Waals surface area contributed by atoms with E-state index >= 15 is 0 Å². The lowest BCUT2D eigenvalue weighted by Crippen LogP contribution is -2.23. The highest BCUT2D eigenvalue weighted by Gasteiger charge is 2.17. The van der Waals surface area contributed by atoms with Gasteiger partial charge in [0, 0.05) is 17.6 Å². The SMILES string of the molecule is Cn1nc(C(=O)O)cc1-c1cc(Cl)ccc1OCCn1cnc2cnc(C#N)cc2c1=O. The highest BCUT2D eigenvalue weighted by atomic mass is 35.5. The Morgan fingerprint density at radius 1 is 1.28 bits per heavy atom. The predicted octanol–water partition coefficient (Wildman–Crippen LogP) is 2.49. The lowest BCUT2D eigenvalue weighted by molar-refractivity contribution is 0.0689. The first-order valence-corrected chi connectivity index (χ1v) is 9.70. The Balaban J connectivity index is 1.59. The van der Waals surface area contributed by atoms with Crippen LogP contribution in [0.5, 0.6) is 5.75 Å². The molecule has 4 rings (SSSR count). The number of aryl methyl sites for hydroxylation is 1. The molecule has 10 nitrogen and oxygen atoms in total. The number of hydrogen-bond donors (Lipinski definition) is 1. The number of aromatic nitrogens is 5. The minimum absolute atomic E-state index is 0.103. The quantitative estimate of drug-likeness (QED) is 0.473. The summed E-state index contributed by atoms with van der Waals surface area (Å²) in [5, 5.41) is 22.9. The molecule has 0 saturated carbocycles. The van der Waals surface area contributed by atoms with Crippen LogP contribution in [0.1, 0.15) is 16.2 Å². The number of hydrogen-bond acceptors (Lipinski definition) is 7. The number of carboxylic acids is 1. The van der Waals surface area contributed by atoms with E-state index in [4.69, 9.17) is 21.6 Å². The Labute approximate surface area is 185 Å². The van der Waals surface area contributed by atoms with Crippen LogP contribution in [0.3, 0.4) is 0 Å². The third kappa shape index (κ3) is 4.01. The van der Waals surface area contributed by atoms with E-state index in [-0.39, 0.29) is 30.1 Å². The zero-order valence-corrected chi connectivity index (χ0v) is 17.4. The summed E-state index contributed by atoms with van der Waals surface area (Å²) in [6.07, 6.45) is 2.78. The number of rotatable bonds is 6. The molecule has 0 aliphatic carbocycles. The number of nitrogens with zero attached hydrogens (tertiary/aromatic N) is 6.